The van der Waals surface area contributed by atoms with Crippen molar-refractivity contribution in [2.45, 2.75) is 16.6 Å². The topological polar surface area (TPSA) is 0 Å². The van der Waals surface area contributed by atoms with Gasteiger partial charge < -0.3 is 37.2 Å². The van der Waals surface area contributed by atoms with Crippen LogP contribution in [0.3, 0.4) is 0 Å². The number of hydrogen-bond donors (Lipinski definition) is 0. The first-order chi connectivity index (χ1) is 11.7. The molecule has 0 heterocycles. The molecule has 0 amide bonds. The van der Waals surface area contributed by atoms with Crippen LogP contribution in [0.25, 0.3) is 6.08 Å². The standard InChI is InChI=1S/C23H19.3ClH.Ti/c1-23(20-12-4-2-5-13-20,21-14-6-3-7-15-21)22-16-18-10-8-9-11-19(18)17-22;;;;/h2-17H,1H3;3*1H;/q;;;;+3/p-3. The number of benzene rings is 3. The molecule has 0 aliphatic heterocycles. The number of rotatable bonds is 3. The van der Waals surface area contributed by atoms with Gasteiger partial charge >= 0.3 is 156 Å². The molecule has 3 aromatic carbocycles. The first kappa shape index (κ1) is 24.0. The Bertz CT molecular complexity index is 852. The molecule has 1 aliphatic rings. The Labute approximate surface area is 192 Å². The van der Waals surface area contributed by atoms with Gasteiger partial charge in [-0.25, -0.2) is 0 Å². The van der Waals surface area contributed by atoms with E-state index in [0.29, 0.717) is 4.22 Å². The van der Waals surface area contributed by atoms with Gasteiger partial charge in [-0.1, -0.05) is 0 Å². The summed E-state index contributed by atoms with van der Waals surface area (Å²) in [4.78, 5) is 0. The van der Waals surface area contributed by atoms with E-state index in [-0.39, 0.29) is 42.6 Å². The molecule has 27 heavy (non-hydrogen) atoms. The van der Waals surface area contributed by atoms with Crippen LogP contribution in [0.4, 0.5) is 0 Å². The monoisotopic (exact) mass is 448 g/mol. The SMILES string of the molecule is CC(C1=Cc2ccccc2[CH]1[Ti+3])(c1ccccc1)c1ccccc1.[Cl-].[Cl-].[Cl-]. The molecule has 3 aromatic rings. The molecule has 0 nitrogen and oxygen atoms in total. The van der Waals surface area contributed by atoms with E-state index in [1.54, 1.807) is 0 Å². The van der Waals surface area contributed by atoms with Crippen LogP contribution >= 0.6 is 0 Å². The Morgan fingerprint density at radius 2 is 1.11 bits per heavy atom. The van der Waals surface area contributed by atoms with Gasteiger partial charge in [0.15, 0.2) is 0 Å². The van der Waals surface area contributed by atoms with Gasteiger partial charge in [-0.2, -0.15) is 0 Å². The second-order valence-corrected chi connectivity index (χ2v) is 7.42. The van der Waals surface area contributed by atoms with E-state index >= 15 is 0 Å². The zero-order valence-corrected chi connectivity index (χ0v) is 18.7. The summed E-state index contributed by atoms with van der Waals surface area (Å²) in [6, 6.07) is 30.5. The van der Waals surface area contributed by atoms with E-state index in [1.165, 1.54) is 27.8 Å². The van der Waals surface area contributed by atoms with Crippen LogP contribution in [0.5, 0.6) is 0 Å². The summed E-state index contributed by atoms with van der Waals surface area (Å²) >= 11 is 2.34. The van der Waals surface area contributed by atoms with Gasteiger partial charge in [0, 0.05) is 0 Å². The molecule has 0 saturated carbocycles. The van der Waals surface area contributed by atoms with E-state index in [9.17, 15) is 0 Å². The average molecular weight is 450 g/mol. The molecule has 1 aliphatic carbocycles. The van der Waals surface area contributed by atoms with Crippen LogP contribution in [0.1, 0.15) is 33.4 Å². The average Bonchev–Trinajstić information content (AvgIpc) is 3.00. The first-order valence-electron chi connectivity index (χ1n) is 8.34. The summed E-state index contributed by atoms with van der Waals surface area (Å²) in [5, 5.41) is 0. The van der Waals surface area contributed by atoms with Gasteiger partial charge in [-0.3, -0.25) is 0 Å². The molecule has 1 unspecified atom stereocenters. The number of allylic oxidation sites excluding steroid dienone is 1. The summed E-state index contributed by atoms with van der Waals surface area (Å²) < 4.78 is 0.423. The molecular formula is C23H19Cl3Ti. The van der Waals surface area contributed by atoms with Gasteiger partial charge in [0.2, 0.25) is 0 Å². The minimum atomic E-state index is -0.124. The Kier molecular flexibility index (Phi) is 8.86. The molecule has 0 N–H and O–H groups in total. The van der Waals surface area contributed by atoms with Gasteiger partial charge in [0.25, 0.3) is 0 Å². The predicted octanol–water partition coefficient (Wildman–Crippen LogP) is -3.31. The second-order valence-electron chi connectivity index (χ2n) is 6.52. The summed E-state index contributed by atoms with van der Waals surface area (Å²) in [6.45, 7) is 2.37. The first-order valence-corrected chi connectivity index (χ1v) is 9.24. The molecule has 0 aromatic heterocycles. The van der Waals surface area contributed by atoms with Crippen LogP contribution < -0.4 is 37.2 Å². The third-order valence-corrected chi connectivity index (χ3v) is 6.18. The fourth-order valence-corrected chi connectivity index (χ4v) is 4.79. The van der Waals surface area contributed by atoms with Crippen LogP contribution in [0, 0.1) is 0 Å². The minimum Gasteiger partial charge on any atom is -1.00 e. The Morgan fingerprint density at radius 1 is 0.667 bits per heavy atom. The Balaban J connectivity index is 0.00000121. The van der Waals surface area contributed by atoms with Crippen molar-refractivity contribution in [2.75, 3.05) is 0 Å². The quantitative estimate of drug-likeness (QED) is 0.368. The predicted molar refractivity (Wildman–Crippen MR) is 96.5 cm³/mol. The van der Waals surface area contributed by atoms with Crippen LogP contribution in [-0.2, 0) is 25.9 Å². The third-order valence-electron chi connectivity index (χ3n) is 5.21. The zero-order valence-electron chi connectivity index (χ0n) is 14.9. The molecule has 0 radical (unpaired) electrons. The largest absolute Gasteiger partial charge is 1.00 e. The minimum absolute atomic E-state index is 0. The molecule has 0 spiro atoms. The molecule has 0 fully saturated rings. The molecule has 136 valence electrons. The second kappa shape index (κ2) is 9.96. The smallest absolute Gasteiger partial charge is 1.00 e. The molecule has 1 atom stereocenters. The summed E-state index contributed by atoms with van der Waals surface area (Å²) in [5.41, 5.74) is 6.84. The Hall–Kier alpha value is -1.02. The van der Waals surface area contributed by atoms with Crippen molar-refractivity contribution >= 4 is 6.08 Å². The van der Waals surface area contributed by atoms with Gasteiger partial charge in [-0.15, -0.1) is 0 Å². The van der Waals surface area contributed by atoms with Crippen LogP contribution in [0.15, 0.2) is 90.5 Å². The maximum absolute atomic E-state index is 2.40. The molecular weight excluding hydrogens is 430 g/mol. The number of halogens is 3. The van der Waals surface area contributed by atoms with Crippen LogP contribution in [0.2, 0.25) is 0 Å². The molecule has 4 heteroatoms. The van der Waals surface area contributed by atoms with Crippen molar-refractivity contribution in [3.63, 3.8) is 0 Å². The third kappa shape index (κ3) is 4.21. The van der Waals surface area contributed by atoms with E-state index in [2.05, 4.69) is 118 Å². The zero-order chi connectivity index (χ0) is 16.6. The van der Waals surface area contributed by atoms with E-state index in [4.69, 9.17) is 0 Å². The van der Waals surface area contributed by atoms with Crippen molar-refractivity contribution in [3.8, 4) is 0 Å². The van der Waals surface area contributed by atoms with E-state index < -0.39 is 0 Å². The fraction of sp³-hybridized carbons (Fsp3) is 0.130. The Morgan fingerprint density at radius 3 is 1.59 bits per heavy atom. The maximum atomic E-state index is 2.40. The molecule has 0 saturated heterocycles. The number of hydrogen-bond acceptors (Lipinski definition) is 0. The number of fused-ring (bicyclic) bond motifs is 1. The van der Waals surface area contributed by atoms with Crippen molar-refractivity contribution in [1.82, 2.24) is 0 Å². The summed E-state index contributed by atoms with van der Waals surface area (Å²) in [7, 11) is 0. The summed E-state index contributed by atoms with van der Waals surface area (Å²) in [6.07, 6.45) is 2.40. The summed E-state index contributed by atoms with van der Waals surface area (Å²) in [5.74, 6) is 0. The van der Waals surface area contributed by atoms with Crippen LogP contribution in [-0.4, -0.2) is 0 Å². The normalized spacial score (nSPS) is 14.8. The molecule has 4 rings (SSSR count). The van der Waals surface area contributed by atoms with Crippen molar-refractivity contribution in [1.29, 1.82) is 0 Å². The van der Waals surface area contributed by atoms with Crippen molar-refractivity contribution in [3.05, 3.63) is 113 Å². The van der Waals surface area contributed by atoms with E-state index in [0.717, 1.165) is 0 Å². The van der Waals surface area contributed by atoms with Crippen molar-refractivity contribution < 1.29 is 57.7 Å². The maximum Gasteiger partial charge on any atom is -1.00 e. The molecule has 0 bridgehead atoms. The van der Waals surface area contributed by atoms with Crippen molar-refractivity contribution in [2.24, 2.45) is 0 Å². The van der Waals surface area contributed by atoms with Gasteiger partial charge in [-0.05, 0) is 0 Å². The fourth-order valence-electron chi connectivity index (χ4n) is 3.80. The van der Waals surface area contributed by atoms with Gasteiger partial charge in [0.1, 0.15) is 0 Å². The van der Waals surface area contributed by atoms with Gasteiger partial charge in [0.05, 0.1) is 0 Å². The van der Waals surface area contributed by atoms with E-state index in [1.807, 2.05) is 0 Å².